The minimum atomic E-state index is -0.237. The Kier molecular flexibility index (Phi) is 4.17. The second-order valence-corrected chi connectivity index (χ2v) is 5.23. The summed E-state index contributed by atoms with van der Waals surface area (Å²) < 4.78 is 0. The molecular formula is C17H20N2O2. The van der Waals surface area contributed by atoms with Gasteiger partial charge >= 0.3 is 0 Å². The summed E-state index contributed by atoms with van der Waals surface area (Å²) in [6, 6.07) is 12.1. The molecule has 2 aromatic rings. The van der Waals surface area contributed by atoms with Gasteiger partial charge in [0.25, 0.3) is 5.91 Å². The summed E-state index contributed by atoms with van der Waals surface area (Å²) in [6.45, 7) is 3.76. The number of hydrogen-bond acceptors (Lipinski definition) is 3. The molecule has 4 heteroatoms. The third-order valence-corrected chi connectivity index (χ3v) is 3.78. The van der Waals surface area contributed by atoms with Crippen molar-refractivity contribution in [3.05, 3.63) is 59.2 Å². The van der Waals surface area contributed by atoms with Gasteiger partial charge in [-0.15, -0.1) is 0 Å². The van der Waals surface area contributed by atoms with E-state index < -0.39 is 0 Å². The predicted octanol–water partition coefficient (Wildman–Crippen LogP) is 3.12. The summed E-state index contributed by atoms with van der Waals surface area (Å²) in [5, 5.41) is 9.92. The number of rotatable bonds is 3. The second kappa shape index (κ2) is 5.87. The van der Waals surface area contributed by atoms with Crippen molar-refractivity contribution < 1.29 is 9.90 Å². The number of nitrogens with zero attached hydrogens (tertiary/aromatic N) is 1. The minimum absolute atomic E-state index is 0.115. The summed E-state index contributed by atoms with van der Waals surface area (Å²) >= 11 is 0. The molecule has 2 aromatic carbocycles. The molecule has 0 heterocycles. The van der Waals surface area contributed by atoms with Gasteiger partial charge in [-0.3, -0.25) is 4.79 Å². The zero-order valence-corrected chi connectivity index (χ0v) is 12.5. The molecule has 4 nitrogen and oxygen atoms in total. The van der Waals surface area contributed by atoms with E-state index in [2.05, 4.69) is 0 Å². The highest BCUT2D eigenvalue weighted by atomic mass is 16.3. The first kappa shape index (κ1) is 14.9. The molecule has 1 atom stereocenters. The smallest absolute Gasteiger partial charge is 0.254 e. The SMILES string of the molecule is Cc1ccc(N)cc1C(=O)N(C)C(C)c1ccccc1O. The van der Waals surface area contributed by atoms with Crippen molar-refractivity contribution in [2.75, 3.05) is 12.8 Å². The maximum Gasteiger partial charge on any atom is 0.254 e. The first-order valence-corrected chi connectivity index (χ1v) is 6.83. The second-order valence-electron chi connectivity index (χ2n) is 5.23. The van der Waals surface area contributed by atoms with Gasteiger partial charge < -0.3 is 15.7 Å². The third kappa shape index (κ3) is 2.99. The Labute approximate surface area is 124 Å². The van der Waals surface area contributed by atoms with Gasteiger partial charge in [-0.05, 0) is 37.6 Å². The number of para-hydroxylation sites is 1. The zero-order valence-electron chi connectivity index (χ0n) is 12.5. The Morgan fingerprint density at radius 1 is 1.24 bits per heavy atom. The van der Waals surface area contributed by atoms with Crippen LogP contribution in [0.1, 0.15) is 34.5 Å². The first-order valence-electron chi connectivity index (χ1n) is 6.83. The molecule has 3 N–H and O–H groups in total. The monoisotopic (exact) mass is 284 g/mol. The molecule has 0 fully saturated rings. The summed E-state index contributed by atoms with van der Waals surface area (Å²) in [5.41, 5.74) is 8.51. The molecule has 21 heavy (non-hydrogen) atoms. The van der Waals surface area contributed by atoms with Gasteiger partial charge in [0.15, 0.2) is 0 Å². The standard InChI is InChI=1S/C17H20N2O2/c1-11-8-9-13(18)10-15(11)17(21)19(3)12(2)14-6-4-5-7-16(14)20/h4-10,12,20H,18H2,1-3H3. The van der Waals surface area contributed by atoms with Crippen molar-refractivity contribution >= 4 is 11.6 Å². The van der Waals surface area contributed by atoms with E-state index in [1.54, 1.807) is 36.2 Å². The molecule has 0 aliphatic rings. The van der Waals surface area contributed by atoms with Crippen LogP contribution in [0.5, 0.6) is 5.75 Å². The summed E-state index contributed by atoms with van der Waals surface area (Å²) in [7, 11) is 1.72. The van der Waals surface area contributed by atoms with Gasteiger partial charge in [0.1, 0.15) is 5.75 Å². The molecule has 0 radical (unpaired) electrons. The van der Waals surface area contributed by atoms with Crippen LogP contribution in [0.4, 0.5) is 5.69 Å². The van der Waals surface area contributed by atoms with Crippen LogP contribution >= 0.6 is 0 Å². The number of nitrogens with two attached hydrogens (primary N) is 1. The van der Waals surface area contributed by atoms with E-state index in [4.69, 9.17) is 5.73 Å². The Morgan fingerprint density at radius 3 is 2.57 bits per heavy atom. The molecule has 2 rings (SSSR count). The van der Waals surface area contributed by atoms with Crippen LogP contribution < -0.4 is 5.73 Å². The number of carbonyl (C=O) groups excluding carboxylic acids is 1. The maximum atomic E-state index is 12.6. The van der Waals surface area contributed by atoms with Crippen LogP contribution in [-0.4, -0.2) is 23.0 Å². The number of anilines is 1. The van der Waals surface area contributed by atoms with E-state index in [1.807, 2.05) is 32.0 Å². The van der Waals surface area contributed by atoms with Crippen LogP contribution in [-0.2, 0) is 0 Å². The van der Waals surface area contributed by atoms with Crippen LogP contribution in [0.3, 0.4) is 0 Å². The van der Waals surface area contributed by atoms with Gasteiger partial charge in [0.2, 0.25) is 0 Å². The summed E-state index contributed by atoms with van der Waals surface area (Å²) in [5.74, 6) is 0.0736. The quantitative estimate of drug-likeness (QED) is 0.851. The molecule has 0 aliphatic heterocycles. The number of amides is 1. The highest BCUT2D eigenvalue weighted by Crippen LogP contribution is 2.28. The van der Waals surface area contributed by atoms with Crippen molar-refractivity contribution in [2.45, 2.75) is 19.9 Å². The Hall–Kier alpha value is -2.49. The number of phenolic OH excluding ortho intramolecular Hbond substituents is 1. The van der Waals surface area contributed by atoms with Crippen molar-refractivity contribution in [3.8, 4) is 5.75 Å². The molecule has 0 aliphatic carbocycles. The van der Waals surface area contributed by atoms with E-state index in [0.717, 1.165) is 11.1 Å². The maximum absolute atomic E-state index is 12.6. The predicted molar refractivity (Wildman–Crippen MR) is 84.2 cm³/mol. The lowest BCUT2D eigenvalue weighted by molar-refractivity contribution is 0.0740. The fraction of sp³-hybridized carbons (Fsp3) is 0.235. The number of nitrogen functional groups attached to an aromatic ring is 1. The van der Waals surface area contributed by atoms with Gasteiger partial charge in [0.05, 0.1) is 6.04 Å². The number of phenols is 1. The Balaban J connectivity index is 2.31. The summed E-state index contributed by atoms with van der Waals surface area (Å²) in [4.78, 5) is 14.2. The van der Waals surface area contributed by atoms with Crippen LogP contribution in [0.2, 0.25) is 0 Å². The van der Waals surface area contributed by atoms with Gasteiger partial charge in [0, 0.05) is 23.9 Å². The number of aromatic hydroxyl groups is 1. The van der Waals surface area contributed by atoms with E-state index >= 15 is 0 Å². The van der Waals surface area contributed by atoms with Gasteiger partial charge in [-0.2, -0.15) is 0 Å². The average molecular weight is 284 g/mol. The van der Waals surface area contributed by atoms with E-state index in [0.29, 0.717) is 11.3 Å². The number of aryl methyl sites for hydroxylation is 1. The fourth-order valence-electron chi connectivity index (χ4n) is 2.29. The van der Waals surface area contributed by atoms with E-state index in [9.17, 15) is 9.90 Å². The van der Waals surface area contributed by atoms with Crippen molar-refractivity contribution in [1.29, 1.82) is 0 Å². The zero-order chi connectivity index (χ0) is 15.6. The Bertz CT molecular complexity index is 668. The molecule has 0 saturated carbocycles. The lowest BCUT2D eigenvalue weighted by atomic mass is 10.0. The molecule has 0 spiro atoms. The molecule has 1 unspecified atom stereocenters. The molecular weight excluding hydrogens is 264 g/mol. The normalized spacial score (nSPS) is 12.0. The molecule has 1 amide bonds. The average Bonchev–Trinajstić information content (AvgIpc) is 2.48. The van der Waals surface area contributed by atoms with E-state index in [-0.39, 0.29) is 17.7 Å². The molecule has 110 valence electrons. The highest BCUT2D eigenvalue weighted by Gasteiger charge is 2.22. The highest BCUT2D eigenvalue weighted by molar-refractivity contribution is 5.96. The lowest BCUT2D eigenvalue weighted by Gasteiger charge is -2.26. The number of benzene rings is 2. The summed E-state index contributed by atoms with van der Waals surface area (Å²) in [6.07, 6.45) is 0. The van der Waals surface area contributed by atoms with Gasteiger partial charge in [-0.25, -0.2) is 0 Å². The number of hydrogen-bond donors (Lipinski definition) is 2. The van der Waals surface area contributed by atoms with Crippen LogP contribution in [0, 0.1) is 6.92 Å². The van der Waals surface area contributed by atoms with E-state index in [1.165, 1.54) is 0 Å². The molecule has 0 saturated heterocycles. The lowest BCUT2D eigenvalue weighted by Crippen LogP contribution is -2.30. The van der Waals surface area contributed by atoms with Crippen molar-refractivity contribution in [3.63, 3.8) is 0 Å². The van der Waals surface area contributed by atoms with Crippen molar-refractivity contribution in [2.24, 2.45) is 0 Å². The topological polar surface area (TPSA) is 66.6 Å². The first-order chi connectivity index (χ1) is 9.91. The largest absolute Gasteiger partial charge is 0.508 e. The van der Waals surface area contributed by atoms with Crippen LogP contribution in [0.15, 0.2) is 42.5 Å². The fourth-order valence-corrected chi connectivity index (χ4v) is 2.29. The molecule has 0 bridgehead atoms. The Morgan fingerprint density at radius 2 is 1.90 bits per heavy atom. The third-order valence-electron chi connectivity index (χ3n) is 3.78. The number of carbonyl (C=O) groups is 1. The minimum Gasteiger partial charge on any atom is -0.508 e. The van der Waals surface area contributed by atoms with Crippen LogP contribution in [0.25, 0.3) is 0 Å². The van der Waals surface area contributed by atoms with Gasteiger partial charge in [-0.1, -0.05) is 24.3 Å². The molecule has 0 aromatic heterocycles. The van der Waals surface area contributed by atoms with Crippen molar-refractivity contribution in [1.82, 2.24) is 4.90 Å².